The van der Waals surface area contributed by atoms with E-state index >= 15 is 0 Å². The fourth-order valence-electron chi connectivity index (χ4n) is 2.03. The van der Waals surface area contributed by atoms with Crippen LogP contribution in [0.1, 0.15) is 24.4 Å². The second kappa shape index (κ2) is 5.89. The predicted molar refractivity (Wildman–Crippen MR) is 71.8 cm³/mol. The highest BCUT2D eigenvalue weighted by Crippen LogP contribution is 2.21. The summed E-state index contributed by atoms with van der Waals surface area (Å²) in [6.07, 6.45) is 5.20. The molecule has 0 saturated heterocycles. The minimum absolute atomic E-state index is 0.158. The Balaban J connectivity index is 2.10. The lowest BCUT2D eigenvalue weighted by Gasteiger charge is -2.17. The largest absolute Gasteiger partial charge is 0.479 e. The maximum Gasteiger partial charge on any atom is 0.330 e. The quantitative estimate of drug-likeness (QED) is 0.833. The number of halogens is 1. The second-order valence-electron chi connectivity index (χ2n) is 4.47. The number of aliphatic carboxylic acids is 1. The van der Waals surface area contributed by atoms with Crippen LogP contribution in [0.4, 0.5) is 0 Å². The summed E-state index contributed by atoms with van der Waals surface area (Å²) < 4.78 is 0. The monoisotopic (exact) mass is 279 g/mol. The lowest BCUT2D eigenvalue weighted by Crippen LogP contribution is -2.37. The van der Waals surface area contributed by atoms with Gasteiger partial charge in [-0.2, -0.15) is 0 Å². The van der Waals surface area contributed by atoms with Crippen molar-refractivity contribution in [2.45, 2.75) is 18.9 Å². The van der Waals surface area contributed by atoms with Gasteiger partial charge in [0, 0.05) is 10.9 Å². The van der Waals surface area contributed by atoms with E-state index < -0.39 is 12.0 Å². The van der Waals surface area contributed by atoms with Crippen LogP contribution in [-0.4, -0.2) is 17.0 Å². The molecule has 0 aliphatic heterocycles. The number of allylic oxidation sites excluding steroid dienone is 2. The topological polar surface area (TPSA) is 66.4 Å². The van der Waals surface area contributed by atoms with Gasteiger partial charge in [0.05, 0.1) is 0 Å². The number of benzene rings is 1. The van der Waals surface area contributed by atoms with Crippen LogP contribution in [-0.2, 0) is 9.59 Å². The van der Waals surface area contributed by atoms with Crippen molar-refractivity contribution in [3.8, 4) is 0 Å². The van der Waals surface area contributed by atoms with Crippen LogP contribution in [0.2, 0.25) is 5.02 Å². The molecule has 0 spiro atoms. The van der Waals surface area contributed by atoms with Crippen LogP contribution in [0.25, 0.3) is 0 Å². The van der Waals surface area contributed by atoms with E-state index in [1.54, 1.807) is 24.3 Å². The average molecular weight is 280 g/mol. The number of hydrogen-bond donors (Lipinski definition) is 2. The first-order valence-electron chi connectivity index (χ1n) is 6.01. The smallest absolute Gasteiger partial charge is 0.330 e. The van der Waals surface area contributed by atoms with E-state index in [4.69, 9.17) is 11.6 Å². The van der Waals surface area contributed by atoms with Crippen LogP contribution in [0, 0.1) is 5.92 Å². The van der Waals surface area contributed by atoms with Gasteiger partial charge in [-0.3, -0.25) is 4.79 Å². The van der Waals surface area contributed by atoms with Crippen molar-refractivity contribution in [2.75, 3.05) is 0 Å². The molecule has 1 aliphatic carbocycles. The van der Waals surface area contributed by atoms with Crippen molar-refractivity contribution in [3.05, 3.63) is 47.0 Å². The number of amides is 1. The van der Waals surface area contributed by atoms with Crippen LogP contribution >= 0.6 is 11.6 Å². The molecule has 1 aliphatic rings. The normalized spacial score (nSPS) is 16.3. The van der Waals surface area contributed by atoms with Crippen molar-refractivity contribution >= 4 is 23.5 Å². The van der Waals surface area contributed by atoms with Gasteiger partial charge in [-0.25, -0.2) is 4.79 Å². The number of nitrogens with one attached hydrogen (secondary N) is 1. The van der Waals surface area contributed by atoms with Crippen LogP contribution in [0.5, 0.6) is 0 Å². The van der Waals surface area contributed by atoms with E-state index in [2.05, 4.69) is 5.32 Å². The van der Waals surface area contributed by atoms with E-state index in [1.165, 1.54) is 0 Å². The first kappa shape index (κ1) is 13.6. The van der Waals surface area contributed by atoms with Gasteiger partial charge in [0.1, 0.15) is 0 Å². The molecule has 0 unspecified atom stereocenters. The Morgan fingerprint density at radius 3 is 2.32 bits per heavy atom. The summed E-state index contributed by atoms with van der Waals surface area (Å²) in [6, 6.07) is 5.39. The first-order chi connectivity index (χ1) is 9.08. The molecule has 19 heavy (non-hydrogen) atoms. The minimum Gasteiger partial charge on any atom is -0.479 e. The molecule has 1 aromatic rings. The van der Waals surface area contributed by atoms with E-state index in [0.29, 0.717) is 23.4 Å². The zero-order chi connectivity index (χ0) is 13.8. The average Bonchev–Trinajstić information content (AvgIpc) is 2.90. The van der Waals surface area contributed by atoms with Gasteiger partial charge >= 0.3 is 5.97 Å². The summed E-state index contributed by atoms with van der Waals surface area (Å²) in [7, 11) is 0. The van der Waals surface area contributed by atoms with Crippen molar-refractivity contribution in [3.63, 3.8) is 0 Å². The van der Waals surface area contributed by atoms with Crippen molar-refractivity contribution in [1.82, 2.24) is 5.32 Å². The predicted octanol–water partition coefficient (Wildman–Crippen LogP) is 2.55. The van der Waals surface area contributed by atoms with Crippen LogP contribution in [0.15, 0.2) is 36.4 Å². The lowest BCUT2D eigenvalue weighted by molar-refractivity contribution is -0.142. The summed E-state index contributed by atoms with van der Waals surface area (Å²) in [5.41, 5.74) is 0.510. The third-order valence-electron chi connectivity index (χ3n) is 3.12. The molecule has 1 aromatic carbocycles. The minimum atomic E-state index is -1.08. The van der Waals surface area contributed by atoms with Gasteiger partial charge in [-0.05, 0) is 30.5 Å². The van der Waals surface area contributed by atoms with Crippen molar-refractivity contribution in [1.29, 1.82) is 0 Å². The van der Waals surface area contributed by atoms with E-state index in [0.717, 1.165) is 0 Å². The molecule has 0 saturated carbocycles. The molecule has 2 rings (SSSR count). The summed E-state index contributed by atoms with van der Waals surface area (Å²) >= 11 is 5.76. The maximum absolute atomic E-state index is 12.0. The van der Waals surface area contributed by atoms with Crippen molar-refractivity contribution < 1.29 is 14.7 Å². The number of carboxylic acid groups (broad SMARTS) is 1. The zero-order valence-corrected chi connectivity index (χ0v) is 10.9. The zero-order valence-electron chi connectivity index (χ0n) is 10.2. The first-order valence-corrected chi connectivity index (χ1v) is 6.39. The molecule has 100 valence electrons. The van der Waals surface area contributed by atoms with Gasteiger partial charge in [0.25, 0.3) is 0 Å². The molecule has 5 heteroatoms. The van der Waals surface area contributed by atoms with Gasteiger partial charge < -0.3 is 10.4 Å². The molecule has 0 aromatic heterocycles. The number of carboxylic acids is 1. The highest BCUT2D eigenvalue weighted by molar-refractivity contribution is 6.30. The van der Waals surface area contributed by atoms with Crippen molar-refractivity contribution in [2.24, 2.45) is 5.92 Å². The second-order valence-corrected chi connectivity index (χ2v) is 4.91. The molecule has 2 N–H and O–H groups in total. The number of carbonyl (C=O) groups is 2. The van der Waals surface area contributed by atoms with Gasteiger partial charge in [0.2, 0.25) is 5.91 Å². The third kappa shape index (κ3) is 3.35. The van der Waals surface area contributed by atoms with Crippen LogP contribution < -0.4 is 5.32 Å². The number of rotatable bonds is 4. The van der Waals surface area contributed by atoms with Crippen LogP contribution in [0.3, 0.4) is 0 Å². The van der Waals surface area contributed by atoms with Gasteiger partial charge in [0.15, 0.2) is 6.04 Å². The molecule has 4 nitrogen and oxygen atoms in total. The fourth-order valence-corrected chi connectivity index (χ4v) is 2.16. The number of hydrogen-bond acceptors (Lipinski definition) is 2. The number of carbonyl (C=O) groups excluding carboxylic acids is 1. The van der Waals surface area contributed by atoms with Gasteiger partial charge in [-0.15, -0.1) is 0 Å². The molecular formula is C14H14ClNO3. The Morgan fingerprint density at radius 2 is 1.79 bits per heavy atom. The molecule has 0 fully saturated rings. The molecule has 0 radical (unpaired) electrons. The Morgan fingerprint density at radius 1 is 1.21 bits per heavy atom. The highest BCUT2D eigenvalue weighted by Gasteiger charge is 2.26. The summed E-state index contributed by atoms with van der Waals surface area (Å²) in [5.74, 6) is -1.47. The molecule has 1 atom stereocenters. The fraction of sp³-hybridized carbons (Fsp3) is 0.286. The Bertz CT molecular complexity index is 502. The lowest BCUT2D eigenvalue weighted by atomic mass is 10.0. The van der Waals surface area contributed by atoms with E-state index in [9.17, 15) is 14.7 Å². The summed E-state index contributed by atoms with van der Waals surface area (Å²) in [4.78, 5) is 23.2. The standard InChI is InChI=1S/C14H14ClNO3/c15-11-7-5-9(6-8-11)12(14(18)19)16-13(17)10-3-1-2-4-10/h1-2,5-8,10,12H,3-4H2,(H,16,17)(H,18,19)/t12-/m0/s1. The Labute approximate surface area is 116 Å². The Kier molecular flexibility index (Phi) is 4.22. The van der Waals surface area contributed by atoms with E-state index in [1.807, 2.05) is 12.2 Å². The van der Waals surface area contributed by atoms with E-state index in [-0.39, 0.29) is 11.8 Å². The summed E-state index contributed by atoms with van der Waals surface area (Å²) in [6.45, 7) is 0. The third-order valence-corrected chi connectivity index (χ3v) is 3.37. The SMILES string of the molecule is O=C(N[C@H](C(=O)O)c1ccc(Cl)cc1)C1CC=CC1. The molecular weight excluding hydrogens is 266 g/mol. The summed E-state index contributed by atoms with van der Waals surface area (Å²) in [5, 5.41) is 12.3. The highest BCUT2D eigenvalue weighted by atomic mass is 35.5. The Hall–Kier alpha value is -1.81. The molecule has 0 heterocycles. The maximum atomic E-state index is 12.0. The molecule has 0 bridgehead atoms. The van der Waals surface area contributed by atoms with Gasteiger partial charge in [-0.1, -0.05) is 35.9 Å². The molecule has 1 amide bonds.